The highest BCUT2D eigenvalue weighted by Gasteiger charge is 2.46. The van der Waals surface area contributed by atoms with Gasteiger partial charge < -0.3 is 24.8 Å². The van der Waals surface area contributed by atoms with Crippen molar-refractivity contribution in [3.05, 3.63) is 40.1 Å². The van der Waals surface area contributed by atoms with Gasteiger partial charge in [0.05, 0.1) is 35.1 Å². The predicted octanol–water partition coefficient (Wildman–Crippen LogP) is 4.69. The summed E-state index contributed by atoms with van der Waals surface area (Å²) in [6.45, 7) is 1.83. The molecule has 37 heavy (non-hydrogen) atoms. The van der Waals surface area contributed by atoms with Gasteiger partial charge in [0.1, 0.15) is 5.54 Å². The number of carboxylic acid groups (broad SMARTS) is 1. The summed E-state index contributed by atoms with van der Waals surface area (Å²) in [6.07, 6.45) is 2.02. The number of hydrogen-bond donors (Lipinski definition) is 2. The number of likely N-dealkylation sites (tertiary alicyclic amines) is 1. The molecule has 3 rings (SSSR count). The normalized spacial score (nSPS) is 16.7. The van der Waals surface area contributed by atoms with Crippen molar-refractivity contribution >= 4 is 40.8 Å². The van der Waals surface area contributed by atoms with Crippen LogP contribution in [-0.4, -0.2) is 71.6 Å². The molecule has 0 radical (unpaired) electrons. The molecular formula is C24H30Cl2F2N4O5. The summed E-state index contributed by atoms with van der Waals surface area (Å²) in [7, 11) is 1.44. The van der Waals surface area contributed by atoms with E-state index in [0.717, 1.165) is 0 Å². The highest BCUT2D eigenvalue weighted by molar-refractivity contribution is 6.31. The molecule has 1 aromatic heterocycles. The van der Waals surface area contributed by atoms with Crippen LogP contribution in [0.2, 0.25) is 10.0 Å². The van der Waals surface area contributed by atoms with E-state index in [1.807, 2.05) is 18.7 Å². The fourth-order valence-electron chi connectivity index (χ4n) is 4.59. The summed E-state index contributed by atoms with van der Waals surface area (Å²) in [5.41, 5.74) is -0.523. The number of carboxylic acids is 1. The van der Waals surface area contributed by atoms with Crippen LogP contribution in [0.3, 0.4) is 0 Å². The Hall–Kier alpha value is -2.47. The quantitative estimate of drug-likeness (QED) is 0.409. The van der Waals surface area contributed by atoms with Gasteiger partial charge in [-0.15, -0.1) is 0 Å². The van der Waals surface area contributed by atoms with Crippen molar-refractivity contribution in [1.29, 1.82) is 0 Å². The number of aromatic nitrogens is 2. The number of nitrogens with one attached hydrogen (secondary N) is 1. The number of methoxy groups -OCH3 is 1. The lowest BCUT2D eigenvalue weighted by Gasteiger charge is -2.42. The molecular weight excluding hydrogens is 533 g/mol. The molecule has 9 nitrogen and oxygen atoms in total. The van der Waals surface area contributed by atoms with Crippen LogP contribution in [0.25, 0.3) is 0 Å². The molecule has 1 atom stereocenters. The lowest BCUT2D eigenvalue weighted by molar-refractivity contribution is -0.145. The Morgan fingerprint density at radius 1 is 1.24 bits per heavy atom. The third kappa shape index (κ3) is 6.70. The number of alkyl halides is 2. The second-order valence-electron chi connectivity index (χ2n) is 9.24. The van der Waals surface area contributed by atoms with Gasteiger partial charge in [-0.05, 0) is 30.9 Å². The number of aliphatic carboxylic acids is 1. The Morgan fingerprint density at radius 2 is 1.92 bits per heavy atom. The molecule has 2 heterocycles. The molecule has 0 aliphatic carbocycles. The zero-order valence-electron chi connectivity index (χ0n) is 20.7. The van der Waals surface area contributed by atoms with Gasteiger partial charge >= 0.3 is 12.6 Å². The molecule has 1 unspecified atom stereocenters. The average molecular weight is 563 g/mol. The number of benzene rings is 1. The molecule has 204 valence electrons. The van der Waals surface area contributed by atoms with Gasteiger partial charge in [-0.1, -0.05) is 37.0 Å². The number of carbonyl (C=O) groups excluding carboxylic acids is 1. The van der Waals surface area contributed by atoms with E-state index in [2.05, 4.69) is 15.2 Å². The molecule has 1 amide bonds. The number of halogens is 4. The minimum Gasteiger partial charge on any atom is -0.481 e. The van der Waals surface area contributed by atoms with Crippen molar-refractivity contribution in [3.63, 3.8) is 0 Å². The van der Waals surface area contributed by atoms with Crippen molar-refractivity contribution in [3.8, 4) is 5.75 Å². The van der Waals surface area contributed by atoms with E-state index in [-0.39, 0.29) is 48.4 Å². The van der Waals surface area contributed by atoms with Crippen molar-refractivity contribution < 1.29 is 33.0 Å². The number of nitrogens with zero attached hydrogens (tertiary/aromatic N) is 3. The molecule has 1 fully saturated rings. The van der Waals surface area contributed by atoms with Crippen molar-refractivity contribution in [2.75, 3.05) is 38.7 Å². The molecule has 0 bridgehead atoms. The van der Waals surface area contributed by atoms with E-state index in [0.29, 0.717) is 23.8 Å². The van der Waals surface area contributed by atoms with E-state index < -0.39 is 29.9 Å². The zero-order valence-corrected chi connectivity index (χ0v) is 22.2. The van der Waals surface area contributed by atoms with Gasteiger partial charge in [-0.25, -0.2) is 0 Å². The van der Waals surface area contributed by atoms with Gasteiger partial charge in [0.25, 0.3) is 5.91 Å². The number of ether oxygens (including phenoxy) is 2. The number of anilines is 1. The Kier molecular flexibility index (Phi) is 9.74. The highest BCUT2D eigenvalue weighted by Crippen LogP contribution is 2.38. The van der Waals surface area contributed by atoms with Crippen LogP contribution >= 0.6 is 23.2 Å². The first-order valence-corrected chi connectivity index (χ1v) is 12.5. The van der Waals surface area contributed by atoms with Gasteiger partial charge in [0.2, 0.25) is 0 Å². The monoisotopic (exact) mass is 562 g/mol. The first kappa shape index (κ1) is 29.1. The van der Waals surface area contributed by atoms with Crippen LogP contribution in [0.1, 0.15) is 38.3 Å². The Labute approximate surface area is 223 Å². The second kappa shape index (κ2) is 12.4. The topological polar surface area (TPSA) is 106 Å². The fraction of sp³-hybridized carbons (Fsp3) is 0.542. The third-order valence-corrected chi connectivity index (χ3v) is 6.95. The van der Waals surface area contributed by atoms with Gasteiger partial charge in [0.15, 0.2) is 5.75 Å². The summed E-state index contributed by atoms with van der Waals surface area (Å²) >= 11 is 12.4. The van der Waals surface area contributed by atoms with Gasteiger partial charge in [0, 0.05) is 37.8 Å². The number of amides is 1. The van der Waals surface area contributed by atoms with Crippen LogP contribution in [0.15, 0.2) is 24.4 Å². The summed E-state index contributed by atoms with van der Waals surface area (Å²) in [5, 5.41) is 17.2. The fourth-order valence-corrected chi connectivity index (χ4v) is 5.09. The summed E-state index contributed by atoms with van der Waals surface area (Å²) < 4.78 is 37.2. The summed E-state index contributed by atoms with van der Waals surface area (Å²) in [6, 6.07) is 4.05. The number of hydrogen-bond acceptors (Lipinski definition) is 6. The van der Waals surface area contributed by atoms with Crippen LogP contribution < -0.4 is 10.1 Å². The molecule has 1 aromatic carbocycles. The number of carbonyl (C=O) groups is 2. The summed E-state index contributed by atoms with van der Waals surface area (Å²) in [4.78, 5) is 27.5. The largest absolute Gasteiger partial charge is 0.481 e. The van der Waals surface area contributed by atoms with E-state index in [9.17, 15) is 23.5 Å². The lowest BCUT2D eigenvalue weighted by atomic mass is 9.85. The minimum atomic E-state index is -3.11. The zero-order chi connectivity index (χ0) is 27.3. The Morgan fingerprint density at radius 3 is 2.49 bits per heavy atom. The van der Waals surface area contributed by atoms with E-state index in [1.165, 1.54) is 31.5 Å². The molecule has 1 aliphatic heterocycles. The maximum atomic E-state index is 13.9. The van der Waals surface area contributed by atoms with E-state index in [1.54, 1.807) is 4.68 Å². The van der Waals surface area contributed by atoms with E-state index >= 15 is 0 Å². The van der Waals surface area contributed by atoms with Crippen molar-refractivity contribution in [2.45, 2.75) is 44.8 Å². The van der Waals surface area contributed by atoms with Crippen LogP contribution in [0, 0.1) is 5.92 Å². The lowest BCUT2D eigenvalue weighted by Crippen LogP contribution is -2.55. The van der Waals surface area contributed by atoms with E-state index in [4.69, 9.17) is 27.9 Å². The molecule has 2 N–H and O–H groups in total. The smallest absolute Gasteiger partial charge is 0.387 e. The molecule has 0 spiro atoms. The second-order valence-corrected chi connectivity index (χ2v) is 10.1. The first-order chi connectivity index (χ1) is 17.5. The SMILES string of the molecule is COCC(CN1CCC(C(=O)Nc2ccc(Cl)cc2OC(F)F)(n2ncc(Cl)c2C(C)C)CC1)C(=O)O. The maximum absolute atomic E-state index is 13.9. The first-order valence-electron chi connectivity index (χ1n) is 11.7. The van der Waals surface area contributed by atoms with Crippen molar-refractivity contribution in [2.24, 2.45) is 5.92 Å². The Balaban J connectivity index is 1.95. The van der Waals surface area contributed by atoms with Gasteiger partial charge in [-0.2, -0.15) is 13.9 Å². The molecule has 0 saturated carbocycles. The number of piperidine rings is 1. The maximum Gasteiger partial charge on any atom is 0.387 e. The minimum absolute atomic E-state index is 0.0342. The van der Waals surface area contributed by atoms with Crippen molar-refractivity contribution in [1.82, 2.24) is 14.7 Å². The van der Waals surface area contributed by atoms with Crippen LogP contribution in [-0.2, 0) is 19.9 Å². The molecule has 1 aliphatic rings. The predicted molar refractivity (Wildman–Crippen MR) is 135 cm³/mol. The summed E-state index contributed by atoms with van der Waals surface area (Å²) in [5.74, 6) is -2.51. The Bertz CT molecular complexity index is 1110. The number of rotatable bonds is 11. The third-order valence-electron chi connectivity index (χ3n) is 6.42. The van der Waals surface area contributed by atoms with Crippen LogP contribution in [0.4, 0.5) is 14.5 Å². The molecule has 13 heteroatoms. The molecule has 2 aromatic rings. The van der Waals surface area contributed by atoms with Gasteiger partial charge in [-0.3, -0.25) is 14.3 Å². The highest BCUT2D eigenvalue weighted by atomic mass is 35.5. The standard InChI is InChI=1S/C24H30Cl2F2N4O5/c1-14(2)20-17(26)11-29-32(20)24(6-8-31(9-7-24)12-15(13-36-3)21(33)34)22(35)30-18-5-4-16(25)10-19(18)37-23(27)28/h4-5,10-11,14-15,23H,6-9,12-13H2,1-3H3,(H,30,35)(H,33,34). The van der Waals surface area contributed by atoms with Crippen LogP contribution in [0.5, 0.6) is 5.75 Å². The molecule has 1 saturated heterocycles. The average Bonchev–Trinajstić information content (AvgIpc) is 3.22.